The molecule has 0 unspecified atom stereocenters. The van der Waals surface area contributed by atoms with Crippen LogP contribution in [0.25, 0.3) is 5.69 Å². The molecule has 0 atom stereocenters. The number of rotatable bonds is 3. The van der Waals surface area contributed by atoms with Crippen molar-refractivity contribution in [3.8, 4) is 5.69 Å². The second-order valence-corrected chi connectivity index (χ2v) is 6.82. The van der Waals surface area contributed by atoms with E-state index < -0.39 is 28.7 Å². The van der Waals surface area contributed by atoms with Crippen molar-refractivity contribution in [3.63, 3.8) is 0 Å². The fourth-order valence-corrected chi connectivity index (χ4v) is 3.18. The van der Waals surface area contributed by atoms with Crippen molar-refractivity contribution in [2.24, 2.45) is 0 Å². The van der Waals surface area contributed by atoms with Crippen LogP contribution >= 0.6 is 0 Å². The molecule has 10 heteroatoms. The highest BCUT2D eigenvalue weighted by Crippen LogP contribution is 2.12. The normalized spacial score (nSPS) is 14.2. The minimum absolute atomic E-state index is 0.0346. The van der Waals surface area contributed by atoms with Crippen molar-refractivity contribution in [2.75, 3.05) is 26.2 Å². The maximum Gasteiger partial charge on any atom is 0.352 e. The third-order valence-corrected chi connectivity index (χ3v) is 4.99. The highest BCUT2D eigenvalue weighted by Gasteiger charge is 2.28. The van der Waals surface area contributed by atoms with Gasteiger partial charge in [0.2, 0.25) is 11.6 Å². The van der Waals surface area contributed by atoms with Gasteiger partial charge in [-0.1, -0.05) is 6.07 Å². The van der Waals surface area contributed by atoms with Gasteiger partial charge < -0.3 is 9.80 Å². The third kappa shape index (κ3) is 3.82. The van der Waals surface area contributed by atoms with E-state index in [0.29, 0.717) is 18.7 Å². The second-order valence-electron chi connectivity index (χ2n) is 6.82. The Kier molecular flexibility index (Phi) is 5.62. The predicted molar refractivity (Wildman–Crippen MR) is 103 cm³/mol. The minimum atomic E-state index is -0.791. The lowest BCUT2D eigenvalue weighted by molar-refractivity contribution is -0.130. The highest BCUT2D eigenvalue weighted by molar-refractivity contribution is 5.92. The molecule has 2 aromatic rings. The van der Waals surface area contributed by atoms with Crippen LogP contribution < -0.4 is 11.2 Å². The van der Waals surface area contributed by atoms with Crippen molar-refractivity contribution in [2.45, 2.75) is 27.3 Å². The summed E-state index contributed by atoms with van der Waals surface area (Å²) in [4.78, 5) is 52.8. The summed E-state index contributed by atoms with van der Waals surface area (Å²) < 4.78 is 15.8. The van der Waals surface area contributed by atoms with E-state index in [-0.39, 0.29) is 31.2 Å². The van der Waals surface area contributed by atoms with Crippen molar-refractivity contribution in [1.29, 1.82) is 0 Å². The number of hydrogen-bond donors (Lipinski definition) is 0. The first-order valence-corrected chi connectivity index (χ1v) is 9.30. The van der Waals surface area contributed by atoms with Gasteiger partial charge in [0.05, 0.1) is 5.69 Å². The number of hydrogen-bond acceptors (Lipinski definition) is 5. The fraction of sp³-hybridized carbons (Fsp3) is 0.421. The van der Waals surface area contributed by atoms with Gasteiger partial charge in [0.25, 0.3) is 11.5 Å². The van der Waals surface area contributed by atoms with E-state index in [1.165, 1.54) is 24.0 Å². The average molecular weight is 403 g/mol. The van der Waals surface area contributed by atoms with Gasteiger partial charge in [-0.3, -0.25) is 19.0 Å². The van der Waals surface area contributed by atoms with Crippen LogP contribution in [-0.4, -0.2) is 62.1 Å². The Hall–Kier alpha value is -3.30. The van der Waals surface area contributed by atoms with Crippen LogP contribution in [0, 0.1) is 12.7 Å². The first-order valence-electron chi connectivity index (χ1n) is 9.30. The van der Waals surface area contributed by atoms with Crippen LogP contribution in [0.5, 0.6) is 0 Å². The van der Waals surface area contributed by atoms with Crippen molar-refractivity contribution < 1.29 is 14.0 Å². The Labute approximate surface area is 166 Å². The van der Waals surface area contributed by atoms with E-state index in [1.807, 2.05) is 0 Å². The number of piperazine rings is 1. The maximum atomic E-state index is 14.0. The lowest BCUT2D eigenvalue weighted by Gasteiger charge is -2.33. The van der Waals surface area contributed by atoms with Crippen LogP contribution in [0.1, 0.15) is 29.9 Å². The molecular formula is C19H22FN5O4. The van der Waals surface area contributed by atoms with E-state index in [0.717, 1.165) is 15.3 Å². The molecule has 0 N–H and O–H groups in total. The number of nitrogens with zero attached hydrogens (tertiary/aromatic N) is 5. The third-order valence-electron chi connectivity index (χ3n) is 4.99. The lowest BCUT2D eigenvalue weighted by Crippen LogP contribution is -2.52. The first kappa shape index (κ1) is 20.4. The number of carbonyl (C=O) groups is 2. The summed E-state index contributed by atoms with van der Waals surface area (Å²) in [7, 11) is 0. The van der Waals surface area contributed by atoms with Crippen LogP contribution in [-0.2, 0) is 11.3 Å². The van der Waals surface area contributed by atoms with Gasteiger partial charge in [-0.15, -0.1) is 0 Å². The van der Waals surface area contributed by atoms with E-state index in [9.17, 15) is 23.6 Å². The number of amides is 2. The SMILES string of the molecule is CCn1c(=O)c(C(=O)N2CCN(C(C)=O)CC2)nn(-c2ccc(C)c(F)c2)c1=O. The molecule has 29 heavy (non-hydrogen) atoms. The van der Waals surface area contributed by atoms with Crippen LogP contribution in [0.2, 0.25) is 0 Å². The Balaban J connectivity index is 2.04. The molecule has 3 rings (SSSR count). The largest absolute Gasteiger partial charge is 0.352 e. The summed E-state index contributed by atoms with van der Waals surface area (Å²) >= 11 is 0. The summed E-state index contributed by atoms with van der Waals surface area (Å²) in [5, 5.41) is 3.98. The van der Waals surface area contributed by atoms with Crippen molar-refractivity contribution >= 4 is 11.8 Å². The minimum Gasteiger partial charge on any atom is -0.339 e. The molecule has 1 aromatic carbocycles. The summed E-state index contributed by atoms with van der Waals surface area (Å²) in [6.07, 6.45) is 0. The van der Waals surface area contributed by atoms with E-state index >= 15 is 0 Å². The van der Waals surface area contributed by atoms with Gasteiger partial charge >= 0.3 is 5.69 Å². The van der Waals surface area contributed by atoms with E-state index in [2.05, 4.69) is 5.10 Å². The van der Waals surface area contributed by atoms with Gasteiger partial charge in [0.15, 0.2) is 0 Å². The molecule has 0 aliphatic carbocycles. The maximum absolute atomic E-state index is 14.0. The quantitative estimate of drug-likeness (QED) is 0.728. The van der Waals surface area contributed by atoms with Gasteiger partial charge in [-0.25, -0.2) is 9.18 Å². The van der Waals surface area contributed by atoms with E-state index in [4.69, 9.17) is 0 Å². The molecule has 0 spiro atoms. The van der Waals surface area contributed by atoms with Crippen LogP contribution in [0.3, 0.4) is 0 Å². The summed E-state index contributed by atoms with van der Waals surface area (Å²) in [5.74, 6) is -1.24. The van der Waals surface area contributed by atoms with E-state index in [1.54, 1.807) is 18.7 Å². The van der Waals surface area contributed by atoms with Crippen LogP contribution in [0.15, 0.2) is 27.8 Å². The Bertz CT molecular complexity index is 1080. The molecule has 154 valence electrons. The predicted octanol–water partition coefficient (Wildman–Crippen LogP) is 0.166. The fourth-order valence-electron chi connectivity index (χ4n) is 3.18. The molecule has 1 fully saturated rings. The summed E-state index contributed by atoms with van der Waals surface area (Å²) in [5.41, 5.74) is -1.44. The molecule has 0 radical (unpaired) electrons. The topological polar surface area (TPSA) is 97.5 Å². The van der Waals surface area contributed by atoms with Gasteiger partial charge in [0.1, 0.15) is 5.82 Å². The smallest absolute Gasteiger partial charge is 0.339 e. The highest BCUT2D eigenvalue weighted by atomic mass is 19.1. The second kappa shape index (κ2) is 7.98. The average Bonchev–Trinajstić information content (AvgIpc) is 2.70. The summed E-state index contributed by atoms with van der Waals surface area (Å²) in [6.45, 7) is 5.88. The Morgan fingerprint density at radius 2 is 1.72 bits per heavy atom. The number of carbonyl (C=O) groups excluding carboxylic acids is 2. The molecule has 9 nitrogen and oxygen atoms in total. The van der Waals surface area contributed by atoms with Crippen molar-refractivity contribution in [1.82, 2.24) is 24.1 Å². The molecule has 1 aromatic heterocycles. The molecule has 1 saturated heterocycles. The number of halogens is 1. The molecule has 0 bridgehead atoms. The zero-order valence-electron chi connectivity index (χ0n) is 16.5. The molecular weight excluding hydrogens is 381 g/mol. The molecule has 2 heterocycles. The standard InChI is InChI=1S/C19H22FN5O4/c1-4-24-18(28)16(17(27)23-9-7-22(8-10-23)13(3)26)21-25(19(24)29)14-6-5-12(2)15(20)11-14/h5-6,11H,4,7-10H2,1-3H3. The van der Waals surface area contributed by atoms with Gasteiger partial charge in [0, 0.05) is 45.7 Å². The first-order chi connectivity index (χ1) is 13.7. The number of aromatic nitrogens is 3. The number of benzene rings is 1. The Morgan fingerprint density at radius 1 is 1.10 bits per heavy atom. The molecule has 2 amide bonds. The molecule has 0 saturated carbocycles. The van der Waals surface area contributed by atoms with Gasteiger partial charge in [-0.05, 0) is 25.5 Å². The lowest BCUT2D eigenvalue weighted by atomic mass is 10.2. The summed E-state index contributed by atoms with van der Waals surface area (Å²) in [6, 6.07) is 4.12. The van der Waals surface area contributed by atoms with Crippen LogP contribution in [0.4, 0.5) is 4.39 Å². The molecule has 1 aliphatic heterocycles. The number of aryl methyl sites for hydroxylation is 1. The zero-order valence-corrected chi connectivity index (χ0v) is 16.5. The van der Waals surface area contributed by atoms with Gasteiger partial charge in [-0.2, -0.15) is 9.78 Å². The molecule has 1 aliphatic rings. The van der Waals surface area contributed by atoms with Crippen molar-refractivity contribution in [3.05, 3.63) is 56.1 Å². The Morgan fingerprint density at radius 3 is 2.28 bits per heavy atom. The zero-order chi connectivity index (χ0) is 21.3. The monoisotopic (exact) mass is 403 g/mol.